The van der Waals surface area contributed by atoms with E-state index in [9.17, 15) is 13.2 Å². The molecule has 0 heterocycles. The maximum absolute atomic E-state index is 12.0. The van der Waals surface area contributed by atoms with E-state index in [2.05, 4.69) is 10.0 Å². The number of sulfonamides is 1. The van der Waals surface area contributed by atoms with Crippen LogP contribution in [0, 0.1) is 6.92 Å². The van der Waals surface area contributed by atoms with Gasteiger partial charge in [-0.15, -0.1) is 0 Å². The number of rotatable bonds is 7. The Hall–Kier alpha value is -1.44. The van der Waals surface area contributed by atoms with Gasteiger partial charge in [0.25, 0.3) is 5.91 Å². The van der Waals surface area contributed by atoms with Crippen molar-refractivity contribution >= 4 is 15.9 Å². The van der Waals surface area contributed by atoms with Crippen LogP contribution in [0.2, 0.25) is 0 Å². The van der Waals surface area contributed by atoms with E-state index in [0.29, 0.717) is 25.1 Å². The maximum Gasteiger partial charge on any atom is 0.251 e. The van der Waals surface area contributed by atoms with Crippen LogP contribution in [0.4, 0.5) is 0 Å². The number of ether oxygens (including phenoxy) is 1. The topological polar surface area (TPSA) is 84.5 Å². The first-order valence-electron chi connectivity index (χ1n) is 6.23. The zero-order chi connectivity index (χ0) is 15.2. The van der Waals surface area contributed by atoms with E-state index in [4.69, 9.17) is 4.74 Å². The van der Waals surface area contributed by atoms with Gasteiger partial charge in [-0.25, -0.2) is 13.1 Å². The first-order valence-corrected chi connectivity index (χ1v) is 7.72. The molecule has 7 heteroatoms. The standard InChI is InChI=1S/C13H20N2O4S/c1-10-5-6-11(20(17,18)14-2)9-12(10)13(16)15-7-4-8-19-3/h5-6,9,14H,4,7-8H2,1-3H3,(H,15,16). The monoisotopic (exact) mass is 300 g/mol. The number of methoxy groups -OCH3 is 1. The number of carbonyl (C=O) groups excluding carboxylic acids is 1. The molecule has 0 bridgehead atoms. The van der Waals surface area contributed by atoms with Crippen molar-refractivity contribution in [2.75, 3.05) is 27.3 Å². The lowest BCUT2D eigenvalue weighted by atomic mass is 10.1. The van der Waals surface area contributed by atoms with Gasteiger partial charge in [-0.2, -0.15) is 0 Å². The highest BCUT2D eigenvalue weighted by atomic mass is 32.2. The summed E-state index contributed by atoms with van der Waals surface area (Å²) < 4.78 is 30.6. The molecule has 6 nitrogen and oxygen atoms in total. The number of amides is 1. The fourth-order valence-electron chi connectivity index (χ4n) is 1.64. The minimum absolute atomic E-state index is 0.0765. The minimum Gasteiger partial charge on any atom is -0.385 e. The van der Waals surface area contributed by atoms with Crippen LogP contribution in [0.15, 0.2) is 23.1 Å². The van der Waals surface area contributed by atoms with E-state index >= 15 is 0 Å². The molecule has 0 spiro atoms. The number of hydrogen-bond donors (Lipinski definition) is 2. The molecule has 0 saturated heterocycles. The molecule has 0 fully saturated rings. The van der Waals surface area contributed by atoms with Gasteiger partial charge in [0.15, 0.2) is 0 Å². The van der Waals surface area contributed by atoms with Gasteiger partial charge in [-0.05, 0) is 38.1 Å². The second-order valence-corrected chi connectivity index (χ2v) is 6.17. The summed E-state index contributed by atoms with van der Waals surface area (Å²) in [5, 5.41) is 2.74. The molecular formula is C13H20N2O4S. The van der Waals surface area contributed by atoms with Gasteiger partial charge in [0.05, 0.1) is 4.90 Å². The third-order valence-corrected chi connectivity index (χ3v) is 4.26. The van der Waals surface area contributed by atoms with Crippen molar-refractivity contribution < 1.29 is 17.9 Å². The van der Waals surface area contributed by atoms with Crippen LogP contribution < -0.4 is 10.0 Å². The highest BCUT2D eigenvalue weighted by Crippen LogP contribution is 2.15. The first-order chi connectivity index (χ1) is 9.42. The Bertz CT molecular complexity index is 570. The highest BCUT2D eigenvalue weighted by Gasteiger charge is 2.16. The Labute approximate surface area is 119 Å². The van der Waals surface area contributed by atoms with Crippen LogP contribution in [0.1, 0.15) is 22.3 Å². The van der Waals surface area contributed by atoms with Crippen molar-refractivity contribution in [1.82, 2.24) is 10.0 Å². The van der Waals surface area contributed by atoms with Crippen molar-refractivity contribution in [3.8, 4) is 0 Å². The molecule has 2 N–H and O–H groups in total. The summed E-state index contributed by atoms with van der Waals surface area (Å²) >= 11 is 0. The number of nitrogens with one attached hydrogen (secondary N) is 2. The molecule has 0 aliphatic carbocycles. The molecule has 112 valence electrons. The Kier molecular flexibility index (Phi) is 6.12. The van der Waals surface area contributed by atoms with Crippen molar-refractivity contribution in [3.63, 3.8) is 0 Å². The lowest BCUT2D eigenvalue weighted by Crippen LogP contribution is -2.26. The van der Waals surface area contributed by atoms with Gasteiger partial charge >= 0.3 is 0 Å². The molecule has 0 saturated carbocycles. The summed E-state index contributed by atoms with van der Waals surface area (Å²) in [5.41, 5.74) is 1.09. The predicted molar refractivity (Wildman–Crippen MR) is 76.3 cm³/mol. The molecule has 1 rings (SSSR count). The van der Waals surface area contributed by atoms with Gasteiger partial charge in [0.1, 0.15) is 0 Å². The van der Waals surface area contributed by atoms with Crippen LogP contribution in [-0.4, -0.2) is 41.6 Å². The van der Waals surface area contributed by atoms with Gasteiger partial charge in [-0.3, -0.25) is 4.79 Å². The van der Waals surface area contributed by atoms with Crippen LogP contribution in [0.3, 0.4) is 0 Å². The largest absolute Gasteiger partial charge is 0.385 e. The van der Waals surface area contributed by atoms with Crippen molar-refractivity contribution in [1.29, 1.82) is 0 Å². The van der Waals surface area contributed by atoms with Crippen molar-refractivity contribution in [2.45, 2.75) is 18.2 Å². The maximum atomic E-state index is 12.0. The molecular weight excluding hydrogens is 280 g/mol. The Morgan fingerprint density at radius 1 is 1.35 bits per heavy atom. The number of carbonyl (C=O) groups is 1. The zero-order valence-corrected chi connectivity index (χ0v) is 12.7. The van der Waals surface area contributed by atoms with E-state index in [-0.39, 0.29) is 10.8 Å². The molecule has 0 aliphatic rings. The van der Waals surface area contributed by atoms with Crippen LogP contribution in [-0.2, 0) is 14.8 Å². The van der Waals surface area contributed by atoms with E-state index in [1.54, 1.807) is 20.1 Å². The van der Waals surface area contributed by atoms with Crippen LogP contribution in [0.25, 0.3) is 0 Å². The third kappa shape index (κ3) is 4.29. The molecule has 0 radical (unpaired) electrons. The SMILES string of the molecule is CNS(=O)(=O)c1ccc(C)c(C(=O)NCCCOC)c1. The summed E-state index contributed by atoms with van der Waals surface area (Å²) in [6.07, 6.45) is 0.704. The molecule has 0 aliphatic heterocycles. The van der Waals surface area contributed by atoms with E-state index in [0.717, 1.165) is 5.56 Å². The number of benzene rings is 1. The summed E-state index contributed by atoms with van der Waals surface area (Å²) in [6.45, 7) is 2.81. The second kappa shape index (κ2) is 7.37. The molecule has 0 aromatic heterocycles. The fraction of sp³-hybridized carbons (Fsp3) is 0.462. The smallest absolute Gasteiger partial charge is 0.251 e. The quantitative estimate of drug-likeness (QED) is 0.725. The molecule has 1 aromatic rings. The Balaban J connectivity index is 2.89. The lowest BCUT2D eigenvalue weighted by molar-refractivity contribution is 0.0948. The van der Waals surface area contributed by atoms with Crippen molar-refractivity contribution in [3.05, 3.63) is 29.3 Å². The molecule has 1 amide bonds. The first kappa shape index (κ1) is 16.6. The zero-order valence-electron chi connectivity index (χ0n) is 11.9. The van der Waals surface area contributed by atoms with E-state index in [1.807, 2.05) is 0 Å². The molecule has 0 unspecified atom stereocenters. The van der Waals surface area contributed by atoms with Crippen LogP contribution >= 0.6 is 0 Å². The third-order valence-electron chi connectivity index (χ3n) is 2.84. The average Bonchev–Trinajstić information content (AvgIpc) is 2.43. The van der Waals surface area contributed by atoms with Crippen molar-refractivity contribution in [2.24, 2.45) is 0 Å². The van der Waals surface area contributed by atoms with Gasteiger partial charge in [-0.1, -0.05) is 6.07 Å². The Morgan fingerprint density at radius 3 is 2.65 bits per heavy atom. The number of hydrogen-bond acceptors (Lipinski definition) is 4. The van der Waals surface area contributed by atoms with Gasteiger partial charge < -0.3 is 10.1 Å². The minimum atomic E-state index is -3.55. The van der Waals surface area contributed by atoms with Crippen LogP contribution in [0.5, 0.6) is 0 Å². The Morgan fingerprint density at radius 2 is 2.05 bits per heavy atom. The highest BCUT2D eigenvalue weighted by molar-refractivity contribution is 7.89. The lowest BCUT2D eigenvalue weighted by Gasteiger charge is -2.10. The molecule has 1 aromatic carbocycles. The summed E-state index contributed by atoms with van der Waals surface area (Å²) in [4.78, 5) is 12.1. The normalized spacial score (nSPS) is 11.3. The summed E-state index contributed by atoms with van der Waals surface area (Å²) in [5.74, 6) is -0.285. The number of aryl methyl sites for hydroxylation is 1. The second-order valence-electron chi connectivity index (χ2n) is 4.29. The predicted octanol–water partition coefficient (Wildman–Crippen LogP) is 0.669. The van der Waals surface area contributed by atoms with Gasteiger partial charge in [0, 0.05) is 25.8 Å². The molecule has 0 atom stereocenters. The fourth-order valence-corrected chi connectivity index (χ4v) is 2.40. The summed E-state index contributed by atoms with van der Waals surface area (Å²) in [7, 11) is -0.622. The van der Waals surface area contributed by atoms with E-state index in [1.165, 1.54) is 19.2 Å². The van der Waals surface area contributed by atoms with E-state index < -0.39 is 10.0 Å². The molecule has 20 heavy (non-hydrogen) atoms. The average molecular weight is 300 g/mol. The summed E-state index contributed by atoms with van der Waals surface area (Å²) in [6, 6.07) is 4.48. The van der Waals surface area contributed by atoms with Gasteiger partial charge in [0.2, 0.25) is 10.0 Å².